The zero-order valence-corrected chi connectivity index (χ0v) is 11.3. The second kappa shape index (κ2) is 6.72. The second-order valence-electron chi connectivity index (χ2n) is 6.03. The van der Waals surface area contributed by atoms with Gasteiger partial charge in [0, 0.05) is 6.04 Å². The highest BCUT2D eigenvalue weighted by atomic mass is 15.1. The molecule has 100 valence electrons. The van der Waals surface area contributed by atoms with Crippen LogP contribution in [0.1, 0.15) is 38.5 Å². The molecule has 0 radical (unpaired) electrons. The topological polar surface area (TPSA) is 41.3 Å². The van der Waals surface area contributed by atoms with Crippen molar-refractivity contribution in [2.75, 3.05) is 33.2 Å². The first-order valence-electron chi connectivity index (χ1n) is 7.41. The van der Waals surface area contributed by atoms with Crippen molar-refractivity contribution in [3.8, 4) is 0 Å². The second-order valence-corrected chi connectivity index (χ2v) is 6.03. The first-order valence-corrected chi connectivity index (χ1v) is 7.41. The van der Waals surface area contributed by atoms with E-state index in [0.29, 0.717) is 5.92 Å². The summed E-state index contributed by atoms with van der Waals surface area (Å²) in [6, 6.07) is 0.787. The SMILES string of the molecule is CN1CCC(C(CN)CNC2CCCC2)CC1. The van der Waals surface area contributed by atoms with Crippen molar-refractivity contribution in [1.29, 1.82) is 0 Å². The quantitative estimate of drug-likeness (QED) is 0.763. The third kappa shape index (κ3) is 3.94. The predicted molar refractivity (Wildman–Crippen MR) is 73.0 cm³/mol. The smallest absolute Gasteiger partial charge is 0.00671 e. The zero-order valence-electron chi connectivity index (χ0n) is 11.3. The first-order chi connectivity index (χ1) is 8.29. The van der Waals surface area contributed by atoms with Crippen molar-refractivity contribution in [3.05, 3.63) is 0 Å². The Morgan fingerprint density at radius 2 is 1.82 bits per heavy atom. The van der Waals surface area contributed by atoms with E-state index in [0.717, 1.165) is 25.0 Å². The number of likely N-dealkylation sites (tertiary alicyclic amines) is 1. The third-order valence-electron chi connectivity index (χ3n) is 4.76. The molecule has 0 bridgehead atoms. The van der Waals surface area contributed by atoms with Gasteiger partial charge in [0.25, 0.3) is 0 Å². The van der Waals surface area contributed by atoms with Gasteiger partial charge < -0.3 is 16.0 Å². The van der Waals surface area contributed by atoms with Gasteiger partial charge in [-0.1, -0.05) is 12.8 Å². The molecule has 3 heteroatoms. The van der Waals surface area contributed by atoms with E-state index in [4.69, 9.17) is 5.73 Å². The van der Waals surface area contributed by atoms with E-state index in [-0.39, 0.29) is 0 Å². The Morgan fingerprint density at radius 1 is 1.18 bits per heavy atom. The Labute approximate surface area is 106 Å². The van der Waals surface area contributed by atoms with Crippen LogP contribution in [0.15, 0.2) is 0 Å². The Kier molecular flexibility index (Phi) is 5.26. The minimum atomic E-state index is 0.698. The van der Waals surface area contributed by atoms with Gasteiger partial charge in [-0.05, 0) is 70.7 Å². The van der Waals surface area contributed by atoms with E-state index in [1.165, 1.54) is 51.6 Å². The average molecular weight is 239 g/mol. The molecular weight excluding hydrogens is 210 g/mol. The maximum atomic E-state index is 5.97. The van der Waals surface area contributed by atoms with Crippen molar-refractivity contribution in [1.82, 2.24) is 10.2 Å². The fraction of sp³-hybridized carbons (Fsp3) is 1.00. The van der Waals surface area contributed by atoms with Crippen LogP contribution in [0.5, 0.6) is 0 Å². The largest absolute Gasteiger partial charge is 0.330 e. The minimum absolute atomic E-state index is 0.698. The van der Waals surface area contributed by atoms with Gasteiger partial charge in [-0.25, -0.2) is 0 Å². The van der Waals surface area contributed by atoms with Gasteiger partial charge in [0.15, 0.2) is 0 Å². The molecule has 0 aromatic heterocycles. The van der Waals surface area contributed by atoms with Gasteiger partial charge in [0.1, 0.15) is 0 Å². The van der Waals surface area contributed by atoms with E-state index in [1.807, 2.05) is 0 Å². The van der Waals surface area contributed by atoms with Gasteiger partial charge in [-0.3, -0.25) is 0 Å². The number of hydrogen-bond donors (Lipinski definition) is 2. The highest BCUT2D eigenvalue weighted by molar-refractivity contribution is 4.81. The van der Waals surface area contributed by atoms with Crippen LogP contribution in [-0.4, -0.2) is 44.2 Å². The molecule has 17 heavy (non-hydrogen) atoms. The van der Waals surface area contributed by atoms with Crippen LogP contribution < -0.4 is 11.1 Å². The van der Waals surface area contributed by atoms with Crippen LogP contribution in [0.3, 0.4) is 0 Å². The molecule has 2 aliphatic rings. The van der Waals surface area contributed by atoms with Gasteiger partial charge in [0.05, 0.1) is 0 Å². The van der Waals surface area contributed by atoms with Crippen molar-refractivity contribution in [2.45, 2.75) is 44.6 Å². The maximum absolute atomic E-state index is 5.97. The van der Waals surface area contributed by atoms with Crippen LogP contribution in [0.2, 0.25) is 0 Å². The third-order valence-corrected chi connectivity index (χ3v) is 4.76. The number of rotatable bonds is 5. The van der Waals surface area contributed by atoms with Crippen LogP contribution in [0.4, 0.5) is 0 Å². The molecule has 1 aliphatic carbocycles. The lowest BCUT2D eigenvalue weighted by Gasteiger charge is -2.34. The number of hydrogen-bond acceptors (Lipinski definition) is 3. The lowest BCUT2D eigenvalue weighted by molar-refractivity contribution is 0.169. The molecule has 2 fully saturated rings. The lowest BCUT2D eigenvalue weighted by Crippen LogP contribution is -2.41. The van der Waals surface area contributed by atoms with Crippen molar-refractivity contribution >= 4 is 0 Å². The molecule has 3 N–H and O–H groups in total. The molecule has 0 spiro atoms. The highest BCUT2D eigenvalue weighted by Crippen LogP contribution is 2.24. The molecule has 0 amide bonds. The fourth-order valence-corrected chi connectivity index (χ4v) is 3.39. The summed E-state index contributed by atoms with van der Waals surface area (Å²) in [4.78, 5) is 2.44. The highest BCUT2D eigenvalue weighted by Gasteiger charge is 2.25. The molecule has 0 aromatic rings. The minimum Gasteiger partial charge on any atom is -0.330 e. The first kappa shape index (κ1) is 13.3. The number of nitrogens with zero attached hydrogens (tertiary/aromatic N) is 1. The van der Waals surface area contributed by atoms with Crippen LogP contribution in [-0.2, 0) is 0 Å². The number of nitrogens with two attached hydrogens (primary N) is 1. The van der Waals surface area contributed by atoms with Crippen LogP contribution >= 0.6 is 0 Å². The summed E-state index contributed by atoms with van der Waals surface area (Å²) in [5.41, 5.74) is 5.97. The van der Waals surface area contributed by atoms with E-state index < -0.39 is 0 Å². The molecule has 3 nitrogen and oxygen atoms in total. The molecular formula is C14H29N3. The maximum Gasteiger partial charge on any atom is 0.00671 e. The summed E-state index contributed by atoms with van der Waals surface area (Å²) in [6.07, 6.45) is 8.27. The lowest BCUT2D eigenvalue weighted by atomic mass is 9.84. The molecule has 1 saturated carbocycles. The fourth-order valence-electron chi connectivity index (χ4n) is 3.39. The Morgan fingerprint density at radius 3 is 2.41 bits per heavy atom. The summed E-state index contributed by atoms with van der Waals surface area (Å²) in [5.74, 6) is 1.55. The van der Waals surface area contributed by atoms with E-state index >= 15 is 0 Å². The van der Waals surface area contributed by atoms with E-state index in [1.54, 1.807) is 0 Å². The molecule has 1 atom stereocenters. The molecule has 0 aromatic carbocycles. The molecule has 2 rings (SSSR count). The zero-order chi connectivity index (χ0) is 12.1. The van der Waals surface area contributed by atoms with Gasteiger partial charge in [-0.2, -0.15) is 0 Å². The average Bonchev–Trinajstić information content (AvgIpc) is 2.85. The summed E-state index contributed by atoms with van der Waals surface area (Å²) in [5, 5.41) is 3.75. The molecule has 1 aliphatic heterocycles. The molecule has 1 unspecified atom stereocenters. The van der Waals surface area contributed by atoms with E-state index in [2.05, 4.69) is 17.3 Å². The van der Waals surface area contributed by atoms with Gasteiger partial charge >= 0.3 is 0 Å². The predicted octanol–water partition coefficient (Wildman–Crippen LogP) is 1.44. The van der Waals surface area contributed by atoms with Crippen molar-refractivity contribution in [2.24, 2.45) is 17.6 Å². The Bertz CT molecular complexity index is 206. The van der Waals surface area contributed by atoms with Gasteiger partial charge in [-0.15, -0.1) is 0 Å². The molecule has 1 saturated heterocycles. The molecule has 1 heterocycles. The normalized spacial score (nSPS) is 26.5. The van der Waals surface area contributed by atoms with Crippen molar-refractivity contribution < 1.29 is 0 Å². The van der Waals surface area contributed by atoms with E-state index in [9.17, 15) is 0 Å². The summed E-state index contributed by atoms with van der Waals surface area (Å²) in [7, 11) is 2.23. The Balaban J connectivity index is 1.71. The van der Waals surface area contributed by atoms with Crippen LogP contribution in [0, 0.1) is 11.8 Å². The monoisotopic (exact) mass is 239 g/mol. The van der Waals surface area contributed by atoms with Crippen LogP contribution in [0.25, 0.3) is 0 Å². The summed E-state index contributed by atoms with van der Waals surface area (Å²) in [6.45, 7) is 4.51. The summed E-state index contributed by atoms with van der Waals surface area (Å²) < 4.78 is 0. The van der Waals surface area contributed by atoms with Gasteiger partial charge in [0.2, 0.25) is 0 Å². The standard InChI is InChI=1S/C14H29N3/c1-17-8-6-12(7-9-17)13(10-15)11-16-14-4-2-3-5-14/h12-14,16H,2-11,15H2,1H3. The Hall–Kier alpha value is -0.120. The number of piperidine rings is 1. The summed E-state index contributed by atoms with van der Waals surface area (Å²) >= 11 is 0. The number of nitrogens with one attached hydrogen (secondary N) is 1. The van der Waals surface area contributed by atoms with Crippen molar-refractivity contribution in [3.63, 3.8) is 0 Å².